The topological polar surface area (TPSA) is 57.3 Å². The number of pyridine rings is 1. The van der Waals surface area contributed by atoms with Gasteiger partial charge in [0.25, 0.3) is 0 Å². The van der Waals surface area contributed by atoms with Gasteiger partial charge < -0.3 is 15.5 Å². The van der Waals surface area contributed by atoms with Crippen molar-refractivity contribution in [2.45, 2.75) is 31.8 Å². The van der Waals surface area contributed by atoms with E-state index in [2.05, 4.69) is 22.5 Å². The first-order chi connectivity index (χ1) is 10.6. The van der Waals surface area contributed by atoms with Crippen LogP contribution in [0.25, 0.3) is 0 Å². The van der Waals surface area contributed by atoms with Crippen LogP contribution < -0.4 is 15.5 Å². The Balaban J connectivity index is 1.83. The zero-order valence-corrected chi connectivity index (χ0v) is 13.8. The van der Waals surface area contributed by atoms with Crippen molar-refractivity contribution in [3.05, 3.63) is 24.1 Å². The van der Waals surface area contributed by atoms with Crippen LogP contribution in [0, 0.1) is 5.82 Å². The van der Waals surface area contributed by atoms with Crippen LogP contribution in [0.15, 0.2) is 18.3 Å². The van der Waals surface area contributed by atoms with Crippen molar-refractivity contribution in [3.8, 4) is 0 Å². The van der Waals surface area contributed by atoms with Crippen LogP contribution in [-0.2, 0) is 0 Å². The van der Waals surface area contributed by atoms with Gasteiger partial charge in [-0.3, -0.25) is 0 Å². The molecule has 0 radical (unpaired) electrons. The molecule has 0 unspecified atom stereocenters. The van der Waals surface area contributed by atoms with E-state index in [1.807, 2.05) is 11.2 Å². The lowest BCUT2D eigenvalue weighted by Gasteiger charge is -2.20. The van der Waals surface area contributed by atoms with Crippen molar-refractivity contribution in [3.63, 3.8) is 0 Å². The number of rotatable bonds is 6. The Hall–Kier alpha value is -1.50. The molecule has 1 aromatic heterocycles. The lowest BCUT2D eigenvalue weighted by atomic mass is 10.2. The summed E-state index contributed by atoms with van der Waals surface area (Å²) in [5.41, 5.74) is 0. The maximum Gasteiger partial charge on any atom is 0.315 e. The molecule has 0 aromatic carbocycles. The van der Waals surface area contributed by atoms with E-state index in [1.165, 1.54) is 6.07 Å². The van der Waals surface area contributed by atoms with Gasteiger partial charge in [0.05, 0.1) is 0 Å². The van der Waals surface area contributed by atoms with Crippen LogP contribution in [0.1, 0.15) is 19.8 Å². The van der Waals surface area contributed by atoms with Crippen LogP contribution in [-0.4, -0.2) is 48.2 Å². The Labute approximate surface area is 135 Å². The summed E-state index contributed by atoms with van der Waals surface area (Å²) in [6.45, 7) is 3.34. The number of nitrogens with one attached hydrogen (secondary N) is 2. The molecule has 2 amide bonds. The van der Waals surface area contributed by atoms with Gasteiger partial charge in [-0.25, -0.2) is 14.2 Å². The van der Waals surface area contributed by atoms with E-state index in [1.54, 1.807) is 24.0 Å². The van der Waals surface area contributed by atoms with Crippen LogP contribution in [0.5, 0.6) is 0 Å². The van der Waals surface area contributed by atoms with Crippen LogP contribution in [0.2, 0.25) is 0 Å². The fourth-order valence-corrected chi connectivity index (χ4v) is 3.28. The normalized spacial score (nSPS) is 19.0. The minimum absolute atomic E-state index is 0.0215. The summed E-state index contributed by atoms with van der Waals surface area (Å²) in [5.74, 6) is 0.944. The molecule has 0 spiro atoms. The maximum absolute atomic E-state index is 13.7. The Bertz CT molecular complexity index is 502. The largest absolute Gasteiger partial charge is 0.352 e. The Morgan fingerprint density at radius 1 is 1.64 bits per heavy atom. The number of carbonyl (C=O) groups excluding carboxylic acids is 1. The smallest absolute Gasteiger partial charge is 0.315 e. The van der Waals surface area contributed by atoms with E-state index >= 15 is 0 Å². The number of anilines is 1. The fraction of sp³-hybridized carbons (Fsp3) is 0.600. The van der Waals surface area contributed by atoms with Gasteiger partial charge in [-0.2, -0.15) is 11.8 Å². The Morgan fingerprint density at radius 2 is 2.45 bits per heavy atom. The minimum atomic E-state index is -0.321. The van der Waals surface area contributed by atoms with Gasteiger partial charge in [0.15, 0.2) is 11.6 Å². The summed E-state index contributed by atoms with van der Waals surface area (Å²) < 4.78 is 13.7. The van der Waals surface area contributed by atoms with E-state index in [0.29, 0.717) is 18.9 Å². The molecule has 2 atom stereocenters. The minimum Gasteiger partial charge on any atom is -0.352 e. The third kappa shape index (κ3) is 4.50. The van der Waals surface area contributed by atoms with Crippen molar-refractivity contribution < 1.29 is 9.18 Å². The second-order valence-corrected chi connectivity index (χ2v) is 6.33. The second kappa shape index (κ2) is 8.22. The summed E-state index contributed by atoms with van der Waals surface area (Å²) in [4.78, 5) is 18.0. The molecule has 0 bridgehead atoms. The lowest BCUT2D eigenvalue weighted by Crippen LogP contribution is -2.47. The number of carbonyl (C=O) groups is 1. The molecular weight excluding hydrogens is 303 g/mol. The van der Waals surface area contributed by atoms with Gasteiger partial charge in [0, 0.05) is 37.1 Å². The molecule has 22 heavy (non-hydrogen) atoms. The SMILES string of the molecule is CC[C@@H](CSC)NC(=O)N[C@@H]1CCN(c2ncccc2F)C1. The molecule has 0 aliphatic carbocycles. The zero-order valence-electron chi connectivity index (χ0n) is 13.0. The fourth-order valence-electron chi connectivity index (χ4n) is 2.56. The second-order valence-electron chi connectivity index (χ2n) is 5.42. The molecule has 1 aliphatic heterocycles. The van der Waals surface area contributed by atoms with Crippen molar-refractivity contribution in [2.24, 2.45) is 0 Å². The Morgan fingerprint density at radius 3 is 3.14 bits per heavy atom. The monoisotopic (exact) mass is 326 g/mol. The standard InChI is InChI=1S/C15H23FN4OS/c1-3-11(10-22-2)18-15(21)19-12-6-8-20(9-12)14-13(16)5-4-7-17-14/h4-5,7,11-12H,3,6,8-10H2,1-2H3,(H2,18,19,21)/t11-,12+/m0/s1. The molecule has 0 saturated carbocycles. The number of hydrogen-bond donors (Lipinski definition) is 2. The van der Waals surface area contributed by atoms with Gasteiger partial charge in [-0.05, 0) is 31.2 Å². The molecule has 2 heterocycles. The van der Waals surface area contributed by atoms with E-state index in [4.69, 9.17) is 0 Å². The predicted molar refractivity (Wildman–Crippen MR) is 88.9 cm³/mol. The first-order valence-corrected chi connectivity index (χ1v) is 8.94. The third-order valence-corrected chi connectivity index (χ3v) is 4.49. The van der Waals surface area contributed by atoms with Crippen LogP contribution in [0.4, 0.5) is 15.0 Å². The van der Waals surface area contributed by atoms with Crippen molar-refractivity contribution in [2.75, 3.05) is 30.0 Å². The highest BCUT2D eigenvalue weighted by Crippen LogP contribution is 2.20. The number of nitrogens with zero attached hydrogens (tertiary/aromatic N) is 2. The number of aromatic nitrogens is 1. The summed E-state index contributed by atoms with van der Waals surface area (Å²) in [5, 5.41) is 5.95. The van der Waals surface area contributed by atoms with Gasteiger partial charge in [-0.15, -0.1) is 0 Å². The van der Waals surface area contributed by atoms with Gasteiger partial charge >= 0.3 is 6.03 Å². The highest BCUT2D eigenvalue weighted by Gasteiger charge is 2.26. The summed E-state index contributed by atoms with van der Waals surface area (Å²) >= 11 is 1.72. The van der Waals surface area contributed by atoms with E-state index in [-0.39, 0.29) is 23.9 Å². The molecule has 2 N–H and O–H groups in total. The van der Waals surface area contributed by atoms with Crippen molar-refractivity contribution in [1.29, 1.82) is 0 Å². The number of amides is 2. The summed E-state index contributed by atoms with van der Waals surface area (Å²) in [6, 6.07) is 3.04. The first kappa shape index (κ1) is 16.9. The van der Waals surface area contributed by atoms with Gasteiger partial charge in [0.1, 0.15) is 0 Å². The molecule has 1 aromatic rings. The molecule has 122 valence electrons. The number of thioether (sulfide) groups is 1. The van der Waals surface area contributed by atoms with Gasteiger partial charge in [-0.1, -0.05) is 6.92 Å². The average molecular weight is 326 g/mol. The number of halogens is 1. The summed E-state index contributed by atoms with van der Waals surface area (Å²) in [6.07, 6.45) is 5.31. The quantitative estimate of drug-likeness (QED) is 0.842. The summed E-state index contributed by atoms with van der Waals surface area (Å²) in [7, 11) is 0. The molecule has 1 fully saturated rings. The average Bonchev–Trinajstić information content (AvgIpc) is 2.95. The number of hydrogen-bond acceptors (Lipinski definition) is 4. The predicted octanol–water partition coefficient (Wildman–Crippen LogP) is 2.24. The molecule has 1 aliphatic rings. The van der Waals surface area contributed by atoms with Crippen LogP contribution in [0.3, 0.4) is 0 Å². The zero-order chi connectivity index (χ0) is 15.9. The molecule has 5 nitrogen and oxygen atoms in total. The Kier molecular flexibility index (Phi) is 6.30. The molecule has 1 saturated heterocycles. The van der Waals surface area contributed by atoms with Crippen molar-refractivity contribution in [1.82, 2.24) is 15.6 Å². The highest BCUT2D eigenvalue weighted by atomic mass is 32.2. The third-order valence-electron chi connectivity index (χ3n) is 3.76. The first-order valence-electron chi connectivity index (χ1n) is 7.55. The highest BCUT2D eigenvalue weighted by molar-refractivity contribution is 7.98. The molecule has 2 rings (SSSR count). The van der Waals surface area contributed by atoms with E-state index < -0.39 is 0 Å². The van der Waals surface area contributed by atoms with E-state index in [9.17, 15) is 9.18 Å². The van der Waals surface area contributed by atoms with Crippen molar-refractivity contribution >= 4 is 23.6 Å². The molecule has 7 heteroatoms. The van der Waals surface area contributed by atoms with Gasteiger partial charge in [0.2, 0.25) is 0 Å². The maximum atomic E-state index is 13.7. The lowest BCUT2D eigenvalue weighted by molar-refractivity contribution is 0.234. The van der Waals surface area contributed by atoms with Crippen LogP contribution >= 0.6 is 11.8 Å². The molecular formula is C15H23FN4OS. The number of urea groups is 1. The van der Waals surface area contributed by atoms with E-state index in [0.717, 1.165) is 18.6 Å².